The Morgan fingerprint density at radius 1 is 1.07 bits per heavy atom. The summed E-state index contributed by atoms with van der Waals surface area (Å²) in [5, 5.41) is 0. The molecule has 0 aromatic carbocycles. The molecule has 1 heterocycles. The maximum Gasteiger partial charge on any atom is 0.233 e. The van der Waals surface area contributed by atoms with Crippen molar-refractivity contribution in [1.82, 2.24) is 4.90 Å². The van der Waals surface area contributed by atoms with Crippen LogP contribution in [-0.4, -0.2) is 23.3 Å². The summed E-state index contributed by atoms with van der Waals surface area (Å²) in [6.07, 6.45) is 7.96. The van der Waals surface area contributed by atoms with Gasteiger partial charge in [0, 0.05) is 6.54 Å². The van der Waals surface area contributed by atoms with Crippen LogP contribution in [0.2, 0.25) is 0 Å². The first-order chi connectivity index (χ1) is 7.27. The highest BCUT2D eigenvalue weighted by Crippen LogP contribution is 2.38. The molecule has 0 radical (unpaired) electrons. The third-order valence-electron chi connectivity index (χ3n) is 3.74. The Labute approximate surface area is 89.1 Å². The maximum atomic E-state index is 12.0. The lowest BCUT2D eigenvalue weighted by Crippen LogP contribution is -2.32. The Balaban J connectivity index is 1.80. The molecular formula is C12H15NO2. The molecule has 3 nitrogen and oxygen atoms in total. The molecule has 3 aliphatic rings. The first-order valence-electron chi connectivity index (χ1n) is 5.77. The van der Waals surface area contributed by atoms with E-state index in [1.165, 1.54) is 17.7 Å². The second-order valence-electron chi connectivity index (χ2n) is 4.89. The Hall–Kier alpha value is -1.12. The summed E-state index contributed by atoms with van der Waals surface area (Å²) >= 11 is 0. The average Bonchev–Trinajstić information content (AvgIpc) is 3.04. The summed E-state index contributed by atoms with van der Waals surface area (Å²) in [5.41, 5.74) is 0. The van der Waals surface area contributed by atoms with Gasteiger partial charge in [0.15, 0.2) is 0 Å². The Bertz CT molecular complexity index is 318. The normalized spacial score (nSPS) is 34.8. The third kappa shape index (κ3) is 1.41. The fourth-order valence-electron chi connectivity index (χ4n) is 2.61. The van der Waals surface area contributed by atoms with Gasteiger partial charge in [-0.15, -0.1) is 0 Å². The van der Waals surface area contributed by atoms with Crippen LogP contribution in [0.5, 0.6) is 0 Å². The maximum absolute atomic E-state index is 12.0. The standard InChI is InChI=1S/C12H15NO2/c14-11-9-3-1-2-4-10(9)12(15)13(11)7-8-5-6-8/h1-2,8-10H,3-7H2. The minimum absolute atomic E-state index is 0.0405. The van der Waals surface area contributed by atoms with Crippen LogP contribution in [-0.2, 0) is 9.59 Å². The number of allylic oxidation sites excluding steroid dienone is 2. The van der Waals surface area contributed by atoms with Gasteiger partial charge in [-0.3, -0.25) is 14.5 Å². The number of amides is 2. The Morgan fingerprint density at radius 3 is 2.07 bits per heavy atom. The Kier molecular flexibility index (Phi) is 1.94. The van der Waals surface area contributed by atoms with E-state index >= 15 is 0 Å². The molecule has 3 rings (SSSR count). The summed E-state index contributed by atoms with van der Waals surface area (Å²) in [6, 6.07) is 0. The van der Waals surface area contributed by atoms with Gasteiger partial charge in [0.1, 0.15) is 0 Å². The molecule has 0 bridgehead atoms. The number of hydrogen-bond donors (Lipinski definition) is 0. The van der Waals surface area contributed by atoms with Crippen LogP contribution in [0.15, 0.2) is 12.2 Å². The molecule has 1 aliphatic heterocycles. The van der Waals surface area contributed by atoms with Gasteiger partial charge in [0.2, 0.25) is 11.8 Å². The number of likely N-dealkylation sites (tertiary alicyclic amines) is 1. The lowest BCUT2D eigenvalue weighted by Gasteiger charge is -2.14. The predicted octanol–water partition coefficient (Wildman–Crippen LogP) is 1.35. The molecule has 15 heavy (non-hydrogen) atoms. The summed E-state index contributed by atoms with van der Waals surface area (Å²) in [7, 11) is 0. The van der Waals surface area contributed by atoms with Crippen LogP contribution >= 0.6 is 0 Å². The third-order valence-corrected chi connectivity index (χ3v) is 3.74. The molecule has 3 heteroatoms. The molecular weight excluding hydrogens is 190 g/mol. The minimum atomic E-state index is -0.0405. The highest BCUT2D eigenvalue weighted by Gasteiger charge is 2.48. The summed E-state index contributed by atoms with van der Waals surface area (Å²) in [6.45, 7) is 0.685. The molecule has 2 unspecified atom stereocenters. The van der Waals surface area contributed by atoms with Gasteiger partial charge >= 0.3 is 0 Å². The van der Waals surface area contributed by atoms with Gasteiger partial charge in [-0.25, -0.2) is 0 Å². The van der Waals surface area contributed by atoms with Crippen LogP contribution in [0.4, 0.5) is 0 Å². The zero-order valence-corrected chi connectivity index (χ0v) is 8.69. The molecule has 1 saturated carbocycles. The van der Waals surface area contributed by atoms with E-state index in [1.54, 1.807) is 0 Å². The fourth-order valence-corrected chi connectivity index (χ4v) is 2.61. The first kappa shape index (κ1) is 9.13. The summed E-state index contributed by atoms with van der Waals surface area (Å²) in [5.74, 6) is 0.691. The number of nitrogens with zero attached hydrogens (tertiary/aromatic N) is 1. The van der Waals surface area contributed by atoms with Gasteiger partial charge < -0.3 is 0 Å². The first-order valence-corrected chi connectivity index (χ1v) is 5.77. The molecule has 0 aromatic heterocycles. The van der Waals surface area contributed by atoms with Crippen LogP contribution in [0.3, 0.4) is 0 Å². The predicted molar refractivity (Wildman–Crippen MR) is 54.8 cm³/mol. The number of hydrogen-bond acceptors (Lipinski definition) is 2. The van der Waals surface area contributed by atoms with Crippen LogP contribution in [0.25, 0.3) is 0 Å². The van der Waals surface area contributed by atoms with Crippen molar-refractivity contribution in [3.05, 3.63) is 12.2 Å². The monoisotopic (exact) mass is 205 g/mol. The van der Waals surface area contributed by atoms with Crippen LogP contribution in [0.1, 0.15) is 25.7 Å². The second kappa shape index (κ2) is 3.19. The highest BCUT2D eigenvalue weighted by atomic mass is 16.2. The van der Waals surface area contributed by atoms with E-state index < -0.39 is 0 Å². The van der Waals surface area contributed by atoms with Gasteiger partial charge in [-0.05, 0) is 31.6 Å². The number of carbonyl (C=O) groups is 2. The number of carbonyl (C=O) groups excluding carboxylic acids is 2. The van der Waals surface area contributed by atoms with E-state index in [4.69, 9.17) is 0 Å². The van der Waals surface area contributed by atoms with Gasteiger partial charge in [0.25, 0.3) is 0 Å². The van der Waals surface area contributed by atoms with Gasteiger partial charge in [-0.1, -0.05) is 12.2 Å². The number of fused-ring (bicyclic) bond motifs is 1. The van der Waals surface area contributed by atoms with E-state index in [9.17, 15) is 9.59 Å². The minimum Gasteiger partial charge on any atom is -0.282 e. The van der Waals surface area contributed by atoms with E-state index in [0.717, 1.165) is 12.8 Å². The zero-order chi connectivity index (χ0) is 10.4. The van der Waals surface area contributed by atoms with E-state index in [-0.39, 0.29) is 23.7 Å². The van der Waals surface area contributed by atoms with Crippen molar-refractivity contribution in [1.29, 1.82) is 0 Å². The molecule has 0 spiro atoms. The van der Waals surface area contributed by atoms with Crippen molar-refractivity contribution < 1.29 is 9.59 Å². The lowest BCUT2D eigenvalue weighted by atomic mass is 9.85. The zero-order valence-electron chi connectivity index (χ0n) is 8.69. The smallest absolute Gasteiger partial charge is 0.233 e. The molecule has 1 saturated heterocycles. The van der Waals surface area contributed by atoms with Crippen molar-refractivity contribution in [2.24, 2.45) is 17.8 Å². The second-order valence-corrected chi connectivity index (χ2v) is 4.89. The summed E-state index contributed by atoms with van der Waals surface area (Å²) in [4.78, 5) is 25.5. The molecule has 2 fully saturated rings. The highest BCUT2D eigenvalue weighted by molar-refractivity contribution is 6.05. The van der Waals surface area contributed by atoms with Crippen molar-refractivity contribution in [2.75, 3.05) is 6.54 Å². The summed E-state index contributed by atoms with van der Waals surface area (Å²) < 4.78 is 0. The Morgan fingerprint density at radius 2 is 1.60 bits per heavy atom. The van der Waals surface area contributed by atoms with Gasteiger partial charge in [-0.2, -0.15) is 0 Å². The van der Waals surface area contributed by atoms with Crippen molar-refractivity contribution in [3.63, 3.8) is 0 Å². The molecule has 80 valence electrons. The number of imide groups is 1. The average molecular weight is 205 g/mol. The van der Waals surface area contributed by atoms with Crippen molar-refractivity contribution in [2.45, 2.75) is 25.7 Å². The van der Waals surface area contributed by atoms with E-state index in [2.05, 4.69) is 0 Å². The topological polar surface area (TPSA) is 37.4 Å². The number of rotatable bonds is 2. The molecule has 2 atom stereocenters. The lowest BCUT2D eigenvalue weighted by molar-refractivity contribution is -0.140. The van der Waals surface area contributed by atoms with Crippen LogP contribution in [0, 0.1) is 17.8 Å². The fraction of sp³-hybridized carbons (Fsp3) is 0.667. The molecule has 0 aromatic rings. The van der Waals surface area contributed by atoms with E-state index in [1.807, 2.05) is 12.2 Å². The molecule has 0 N–H and O–H groups in total. The van der Waals surface area contributed by atoms with E-state index in [0.29, 0.717) is 12.5 Å². The quantitative estimate of drug-likeness (QED) is 0.504. The van der Waals surface area contributed by atoms with Crippen molar-refractivity contribution in [3.8, 4) is 0 Å². The largest absolute Gasteiger partial charge is 0.282 e. The van der Waals surface area contributed by atoms with Gasteiger partial charge in [0.05, 0.1) is 11.8 Å². The molecule has 2 amide bonds. The van der Waals surface area contributed by atoms with Crippen molar-refractivity contribution >= 4 is 11.8 Å². The SMILES string of the molecule is O=C1C2CC=CCC2C(=O)N1CC1CC1. The molecule has 2 aliphatic carbocycles. The van der Waals surface area contributed by atoms with Crippen LogP contribution < -0.4 is 0 Å².